The molecule has 0 bridgehead atoms. The predicted octanol–water partition coefficient (Wildman–Crippen LogP) is 2.49. The number of carbonyl (C=O) groups is 1. The van der Waals surface area contributed by atoms with E-state index < -0.39 is 0 Å². The molecule has 1 saturated heterocycles. The number of hydrogen-bond acceptors (Lipinski definition) is 3. The first-order valence-corrected chi connectivity index (χ1v) is 7.81. The molecule has 1 unspecified atom stereocenters. The molecule has 1 aromatic rings. The van der Waals surface area contributed by atoms with E-state index in [0.29, 0.717) is 11.7 Å². The maximum absolute atomic E-state index is 12.5. The maximum atomic E-state index is 12.5. The van der Waals surface area contributed by atoms with Crippen LogP contribution in [0.25, 0.3) is 0 Å². The fraction of sp³-hybridized carbons (Fsp3) is 0.733. The number of halogens is 1. The highest BCUT2D eigenvalue weighted by molar-refractivity contribution is 5.92. The Morgan fingerprint density at radius 1 is 1.43 bits per heavy atom. The second-order valence-electron chi connectivity index (χ2n) is 5.47. The van der Waals surface area contributed by atoms with Gasteiger partial charge in [-0.15, -0.1) is 12.4 Å². The Balaban J connectivity index is 0.00000220. The largest absolute Gasteiger partial charge is 0.337 e. The Bertz CT molecular complexity index is 423. The first kappa shape index (κ1) is 18.0. The Morgan fingerprint density at radius 3 is 2.71 bits per heavy atom. The predicted molar refractivity (Wildman–Crippen MR) is 87.1 cm³/mol. The molecule has 1 N–H and O–H groups in total. The van der Waals surface area contributed by atoms with E-state index >= 15 is 0 Å². The summed E-state index contributed by atoms with van der Waals surface area (Å²) >= 11 is 0. The summed E-state index contributed by atoms with van der Waals surface area (Å²) in [5.74, 6) is 0.0659. The minimum Gasteiger partial charge on any atom is -0.337 e. The van der Waals surface area contributed by atoms with Gasteiger partial charge < -0.3 is 10.2 Å². The minimum absolute atomic E-state index is 0. The zero-order valence-corrected chi connectivity index (χ0v) is 13.9. The van der Waals surface area contributed by atoms with Crippen molar-refractivity contribution in [3.8, 4) is 0 Å². The molecule has 2 rings (SSSR count). The van der Waals surface area contributed by atoms with Crippen molar-refractivity contribution in [2.45, 2.75) is 45.6 Å². The number of nitrogens with one attached hydrogen (secondary N) is 1. The first-order valence-electron chi connectivity index (χ1n) is 7.81. The van der Waals surface area contributed by atoms with Gasteiger partial charge in [-0.3, -0.25) is 9.48 Å². The van der Waals surface area contributed by atoms with Gasteiger partial charge in [0, 0.05) is 25.8 Å². The molecule has 1 fully saturated rings. The summed E-state index contributed by atoms with van der Waals surface area (Å²) in [5.41, 5.74) is 0.581. The van der Waals surface area contributed by atoms with Gasteiger partial charge in [-0.2, -0.15) is 5.10 Å². The Kier molecular flexibility index (Phi) is 7.75. The topological polar surface area (TPSA) is 50.2 Å². The molecule has 0 radical (unpaired) electrons. The number of carbonyl (C=O) groups excluding carboxylic acids is 1. The van der Waals surface area contributed by atoms with Crippen molar-refractivity contribution in [1.29, 1.82) is 0 Å². The van der Waals surface area contributed by atoms with Crippen molar-refractivity contribution in [3.05, 3.63) is 18.0 Å². The maximum Gasteiger partial charge on any atom is 0.274 e. The van der Waals surface area contributed by atoms with Crippen LogP contribution in [0.1, 0.15) is 56.1 Å². The number of aromatic nitrogens is 2. The molecule has 1 aliphatic heterocycles. The molecule has 21 heavy (non-hydrogen) atoms. The van der Waals surface area contributed by atoms with Crippen molar-refractivity contribution < 1.29 is 4.79 Å². The molecule has 1 atom stereocenters. The number of rotatable bonds is 6. The van der Waals surface area contributed by atoms with E-state index in [1.54, 1.807) is 0 Å². The van der Waals surface area contributed by atoms with Crippen LogP contribution in [0.2, 0.25) is 0 Å². The van der Waals surface area contributed by atoms with Gasteiger partial charge >= 0.3 is 0 Å². The highest BCUT2D eigenvalue weighted by atomic mass is 35.5. The van der Waals surface area contributed by atoms with E-state index in [1.165, 1.54) is 6.42 Å². The van der Waals surface area contributed by atoms with E-state index in [9.17, 15) is 4.79 Å². The van der Waals surface area contributed by atoms with Gasteiger partial charge in [-0.05, 0) is 38.3 Å². The van der Waals surface area contributed by atoms with Gasteiger partial charge in [-0.25, -0.2) is 0 Å². The monoisotopic (exact) mass is 314 g/mol. The van der Waals surface area contributed by atoms with Gasteiger partial charge in [0.25, 0.3) is 5.91 Å². The zero-order valence-electron chi connectivity index (χ0n) is 13.0. The molecule has 0 saturated carbocycles. The molecule has 5 nitrogen and oxygen atoms in total. The molecule has 6 heteroatoms. The van der Waals surface area contributed by atoms with Crippen LogP contribution in [0.3, 0.4) is 0 Å². The van der Waals surface area contributed by atoms with Gasteiger partial charge in [0.2, 0.25) is 0 Å². The number of hydrogen-bond donors (Lipinski definition) is 1. The molecule has 0 aliphatic carbocycles. The fourth-order valence-corrected chi connectivity index (χ4v) is 2.73. The van der Waals surface area contributed by atoms with E-state index in [0.717, 1.165) is 45.4 Å². The minimum atomic E-state index is 0. The van der Waals surface area contributed by atoms with Crippen LogP contribution in [0.4, 0.5) is 0 Å². The molecule has 1 aromatic heterocycles. The third-order valence-corrected chi connectivity index (χ3v) is 3.75. The molecular formula is C15H27ClN4O. The standard InChI is InChI=1S/C15H26N4O.ClH/c1-3-9-18(10-4-2)15(20)14-7-11-19(17-14)13-6-5-8-16-12-13;/h7,11,13,16H,3-6,8-10,12H2,1-2H3;1H. The lowest BCUT2D eigenvalue weighted by molar-refractivity contribution is 0.0748. The van der Waals surface area contributed by atoms with Crippen molar-refractivity contribution in [2.24, 2.45) is 0 Å². The van der Waals surface area contributed by atoms with E-state index in [4.69, 9.17) is 0 Å². The molecule has 1 aliphatic rings. The third-order valence-electron chi connectivity index (χ3n) is 3.75. The molecule has 0 aromatic carbocycles. The normalized spacial score (nSPS) is 18.1. The summed E-state index contributed by atoms with van der Waals surface area (Å²) in [7, 11) is 0. The number of amides is 1. The van der Waals surface area contributed by atoms with Crippen LogP contribution >= 0.6 is 12.4 Å². The van der Waals surface area contributed by atoms with Gasteiger partial charge in [0.05, 0.1) is 6.04 Å². The van der Waals surface area contributed by atoms with Crippen LogP contribution in [0, 0.1) is 0 Å². The fourth-order valence-electron chi connectivity index (χ4n) is 2.73. The summed E-state index contributed by atoms with van der Waals surface area (Å²) in [6.07, 6.45) is 6.22. The van der Waals surface area contributed by atoms with Crippen molar-refractivity contribution in [2.75, 3.05) is 26.2 Å². The molecule has 2 heterocycles. The van der Waals surface area contributed by atoms with Gasteiger partial charge in [0.1, 0.15) is 5.69 Å². The van der Waals surface area contributed by atoms with E-state index in [1.807, 2.05) is 21.8 Å². The lowest BCUT2D eigenvalue weighted by Gasteiger charge is -2.23. The van der Waals surface area contributed by atoms with Gasteiger partial charge in [0.15, 0.2) is 0 Å². The van der Waals surface area contributed by atoms with Crippen molar-refractivity contribution in [1.82, 2.24) is 20.0 Å². The van der Waals surface area contributed by atoms with Crippen LogP contribution in [0.15, 0.2) is 12.3 Å². The van der Waals surface area contributed by atoms with E-state index in [2.05, 4.69) is 24.3 Å². The Hall–Kier alpha value is -1.07. The molecule has 1 amide bonds. The summed E-state index contributed by atoms with van der Waals surface area (Å²) in [6.45, 7) is 7.85. The van der Waals surface area contributed by atoms with Crippen LogP contribution in [-0.4, -0.2) is 46.8 Å². The second kappa shape index (κ2) is 9.05. The third kappa shape index (κ3) is 4.71. The SMILES string of the molecule is CCCN(CCC)C(=O)c1ccn(C2CCCNC2)n1.Cl. The zero-order chi connectivity index (χ0) is 14.4. The Morgan fingerprint density at radius 2 is 2.14 bits per heavy atom. The molecule has 120 valence electrons. The van der Waals surface area contributed by atoms with E-state index in [-0.39, 0.29) is 18.3 Å². The average molecular weight is 315 g/mol. The summed E-state index contributed by atoms with van der Waals surface area (Å²) in [5, 5.41) is 7.88. The van der Waals surface area contributed by atoms with Crippen molar-refractivity contribution in [3.63, 3.8) is 0 Å². The highest BCUT2D eigenvalue weighted by Gasteiger charge is 2.20. The smallest absolute Gasteiger partial charge is 0.274 e. The van der Waals surface area contributed by atoms with Crippen LogP contribution < -0.4 is 5.32 Å². The summed E-state index contributed by atoms with van der Waals surface area (Å²) in [4.78, 5) is 14.4. The lowest BCUT2D eigenvalue weighted by atomic mass is 10.1. The lowest BCUT2D eigenvalue weighted by Crippen LogP contribution is -2.34. The van der Waals surface area contributed by atoms with Gasteiger partial charge in [-0.1, -0.05) is 13.8 Å². The number of nitrogens with zero attached hydrogens (tertiary/aromatic N) is 3. The quantitative estimate of drug-likeness (QED) is 0.877. The molecule has 0 spiro atoms. The first-order chi connectivity index (χ1) is 9.76. The van der Waals surface area contributed by atoms with Crippen LogP contribution in [-0.2, 0) is 0 Å². The summed E-state index contributed by atoms with van der Waals surface area (Å²) < 4.78 is 1.95. The highest BCUT2D eigenvalue weighted by Crippen LogP contribution is 2.16. The average Bonchev–Trinajstić information content (AvgIpc) is 2.97. The summed E-state index contributed by atoms with van der Waals surface area (Å²) in [6, 6.07) is 2.24. The second-order valence-corrected chi connectivity index (χ2v) is 5.47. The van der Waals surface area contributed by atoms with Crippen LogP contribution in [0.5, 0.6) is 0 Å². The Labute approximate surface area is 133 Å². The van der Waals surface area contributed by atoms with Crippen molar-refractivity contribution >= 4 is 18.3 Å². The molecular weight excluding hydrogens is 288 g/mol. The number of piperidine rings is 1.